The maximum Gasteiger partial charge on any atom is 0.305 e. The third kappa shape index (κ3) is 6.41. The van der Waals surface area contributed by atoms with Gasteiger partial charge < -0.3 is 9.47 Å². The Kier molecular flexibility index (Phi) is 9.42. The Balaban J connectivity index is 1.72. The van der Waals surface area contributed by atoms with Gasteiger partial charge in [0, 0.05) is 24.2 Å². The second-order valence-electron chi connectivity index (χ2n) is 9.36. The summed E-state index contributed by atoms with van der Waals surface area (Å²) < 4.78 is 24.5. The Morgan fingerprint density at radius 2 is 1.94 bits per heavy atom. The van der Waals surface area contributed by atoms with E-state index in [9.17, 15) is 14.0 Å². The van der Waals surface area contributed by atoms with E-state index in [4.69, 9.17) is 9.47 Å². The van der Waals surface area contributed by atoms with Crippen molar-refractivity contribution in [3.63, 3.8) is 0 Å². The van der Waals surface area contributed by atoms with Crippen molar-refractivity contribution in [1.82, 2.24) is 0 Å². The molecule has 3 rings (SSSR count). The molecule has 0 unspecified atom stereocenters. The van der Waals surface area contributed by atoms with Gasteiger partial charge in [-0.05, 0) is 61.8 Å². The van der Waals surface area contributed by atoms with Gasteiger partial charge in [-0.2, -0.15) is 0 Å². The molecule has 1 saturated carbocycles. The lowest BCUT2D eigenvalue weighted by atomic mass is 9.69. The van der Waals surface area contributed by atoms with Crippen LogP contribution in [-0.4, -0.2) is 31.6 Å². The van der Waals surface area contributed by atoms with Gasteiger partial charge in [0.2, 0.25) is 0 Å². The molecule has 1 aromatic carbocycles. The summed E-state index contributed by atoms with van der Waals surface area (Å²) in [4.78, 5) is 23.7. The summed E-state index contributed by atoms with van der Waals surface area (Å²) in [6.07, 6.45) is 15.7. The van der Waals surface area contributed by atoms with Crippen molar-refractivity contribution >= 4 is 11.8 Å². The van der Waals surface area contributed by atoms with Crippen molar-refractivity contribution in [3.05, 3.63) is 60.0 Å². The number of fused-ring (bicyclic) bond motifs is 2. The van der Waals surface area contributed by atoms with Gasteiger partial charge in [-0.3, -0.25) is 9.59 Å². The number of ketones is 1. The maximum atomic E-state index is 13.6. The summed E-state index contributed by atoms with van der Waals surface area (Å²) in [6, 6.07) is 6.82. The van der Waals surface area contributed by atoms with Gasteiger partial charge in [-0.15, -0.1) is 0 Å². The van der Waals surface area contributed by atoms with Gasteiger partial charge in [-0.1, -0.05) is 50.1 Å². The fourth-order valence-corrected chi connectivity index (χ4v) is 5.38. The predicted octanol–water partition coefficient (Wildman–Crippen LogP) is 6.09. The number of allylic oxidation sites excluding steroid dienone is 3. The summed E-state index contributed by atoms with van der Waals surface area (Å²) in [5.41, 5.74) is 0.940. The second-order valence-corrected chi connectivity index (χ2v) is 9.36. The van der Waals surface area contributed by atoms with Crippen LogP contribution in [0.2, 0.25) is 0 Å². The van der Waals surface area contributed by atoms with E-state index in [0.717, 1.165) is 50.5 Å². The van der Waals surface area contributed by atoms with E-state index < -0.39 is 0 Å². The van der Waals surface area contributed by atoms with Crippen LogP contribution >= 0.6 is 0 Å². The summed E-state index contributed by atoms with van der Waals surface area (Å²) in [5.74, 6) is 0.188. The van der Waals surface area contributed by atoms with E-state index in [1.54, 1.807) is 6.08 Å². The molecule has 1 saturated heterocycles. The van der Waals surface area contributed by atoms with Gasteiger partial charge in [0.15, 0.2) is 5.78 Å². The molecular formula is C28H37FO4. The molecule has 0 N–H and O–H groups in total. The first-order chi connectivity index (χ1) is 16.0. The van der Waals surface area contributed by atoms with Crippen molar-refractivity contribution in [2.24, 2.45) is 11.8 Å². The highest BCUT2D eigenvalue weighted by atomic mass is 19.1. The Bertz CT molecular complexity index is 844. The SMILES string of the molecule is CCCCCC(=O)C=C[C@@H]1[C@@H](CC=CCCCC(=O)OC)[C@@]2(c3ccc(F)cc3)CO[C@@H]1C2. The number of rotatable bonds is 13. The number of benzene rings is 1. The number of methoxy groups -OCH3 is 1. The van der Waals surface area contributed by atoms with Crippen molar-refractivity contribution in [1.29, 1.82) is 0 Å². The van der Waals surface area contributed by atoms with Crippen LogP contribution in [0.4, 0.5) is 4.39 Å². The normalized spacial score (nSPS) is 26.5. The third-order valence-electron chi connectivity index (χ3n) is 7.21. The average Bonchev–Trinajstić information content (AvgIpc) is 3.38. The molecule has 4 nitrogen and oxygen atoms in total. The molecule has 1 aliphatic heterocycles. The second kappa shape index (κ2) is 12.3. The standard InChI is InChI=1S/C28H37FO4/c1-3-4-7-10-23(30)17-18-24-25(11-8-5-6-9-12-27(31)32-2)28(19-26(24)33-20-28)21-13-15-22(29)16-14-21/h5,8,13-18,24-26H,3-4,6-7,9-12,19-20H2,1-2H3/t24-,25-,26-,28-/m1/s1. The van der Waals surface area contributed by atoms with Gasteiger partial charge in [0.05, 0.1) is 19.8 Å². The molecule has 5 heteroatoms. The number of ether oxygens (including phenoxy) is 2. The fourth-order valence-electron chi connectivity index (χ4n) is 5.38. The molecular weight excluding hydrogens is 419 g/mol. The largest absolute Gasteiger partial charge is 0.469 e. The molecule has 0 amide bonds. The molecule has 33 heavy (non-hydrogen) atoms. The number of hydrogen-bond donors (Lipinski definition) is 0. The Morgan fingerprint density at radius 1 is 1.15 bits per heavy atom. The van der Waals surface area contributed by atoms with Crippen LogP contribution in [0.5, 0.6) is 0 Å². The molecule has 0 radical (unpaired) electrons. The van der Waals surface area contributed by atoms with E-state index in [2.05, 4.69) is 25.2 Å². The number of carbonyl (C=O) groups is 2. The lowest BCUT2D eigenvalue weighted by Crippen LogP contribution is -2.39. The van der Waals surface area contributed by atoms with Crippen LogP contribution in [0.3, 0.4) is 0 Å². The molecule has 0 spiro atoms. The Morgan fingerprint density at radius 3 is 2.67 bits per heavy atom. The molecule has 180 valence electrons. The van der Waals surface area contributed by atoms with Gasteiger partial charge in [0.1, 0.15) is 5.82 Å². The monoisotopic (exact) mass is 456 g/mol. The van der Waals surface area contributed by atoms with Crippen LogP contribution in [0.1, 0.15) is 70.3 Å². The van der Waals surface area contributed by atoms with Gasteiger partial charge in [-0.25, -0.2) is 4.39 Å². The van der Waals surface area contributed by atoms with E-state index in [1.165, 1.54) is 19.2 Å². The zero-order valence-corrected chi connectivity index (χ0v) is 19.9. The minimum absolute atomic E-state index is 0.0764. The topological polar surface area (TPSA) is 52.6 Å². The van der Waals surface area contributed by atoms with Crippen LogP contribution in [0.15, 0.2) is 48.6 Å². The zero-order chi connectivity index (χ0) is 23.7. The first-order valence-electron chi connectivity index (χ1n) is 12.3. The fraction of sp³-hybridized carbons (Fsp3) is 0.571. The molecule has 2 bridgehead atoms. The van der Waals surface area contributed by atoms with Crippen LogP contribution in [0, 0.1) is 17.7 Å². The summed E-state index contributed by atoms with van der Waals surface area (Å²) in [6.45, 7) is 2.76. The highest BCUT2D eigenvalue weighted by Crippen LogP contribution is 2.57. The van der Waals surface area contributed by atoms with E-state index in [1.807, 2.05) is 12.1 Å². The van der Waals surface area contributed by atoms with Crippen LogP contribution < -0.4 is 0 Å². The van der Waals surface area contributed by atoms with Crippen molar-refractivity contribution < 1.29 is 23.5 Å². The van der Waals surface area contributed by atoms with Crippen LogP contribution in [0.25, 0.3) is 0 Å². The molecule has 1 heterocycles. The first-order valence-corrected chi connectivity index (χ1v) is 12.3. The number of unbranched alkanes of at least 4 members (excludes halogenated alkanes) is 3. The minimum atomic E-state index is -0.236. The lowest BCUT2D eigenvalue weighted by molar-refractivity contribution is -0.140. The van der Waals surface area contributed by atoms with E-state index in [-0.39, 0.29) is 40.9 Å². The number of esters is 1. The highest BCUT2D eigenvalue weighted by Gasteiger charge is 2.58. The molecule has 0 aromatic heterocycles. The smallest absolute Gasteiger partial charge is 0.305 e. The Labute approximate surface area is 197 Å². The zero-order valence-electron chi connectivity index (χ0n) is 19.9. The molecule has 1 aliphatic carbocycles. The third-order valence-corrected chi connectivity index (χ3v) is 7.21. The van der Waals surface area contributed by atoms with Crippen molar-refractivity contribution in [3.8, 4) is 0 Å². The molecule has 1 aromatic rings. The van der Waals surface area contributed by atoms with Gasteiger partial charge >= 0.3 is 5.97 Å². The van der Waals surface area contributed by atoms with Crippen LogP contribution in [-0.2, 0) is 24.5 Å². The minimum Gasteiger partial charge on any atom is -0.469 e. The predicted molar refractivity (Wildman–Crippen MR) is 127 cm³/mol. The highest BCUT2D eigenvalue weighted by molar-refractivity contribution is 5.89. The summed E-state index contributed by atoms with van der Waals surface area (Å²) in [7, 11) is 1.41. The first kappa shape index (κ1) is 25.4. The molecule has 2 aliphatic rings. The summed E-state index contributed by atoms with van der Waals surface area (Å²) >= 11 is 0. The Hall–Kier alpha value is -2.27. The number of halogens is 1. The number of hydrogen-bond acceptors (Lipinski definition) is 4. The van der Waals surface area contributed by atoms with E-state index in [0.29, 0.717) is 19.4 Å². The van der Waals surface area contributed by atoms with E-state index >= 15 is 0 Å². The van der Waals surface area contributed by atoms with Crippen molar-refractivity contribution in [2.75, 3.05) is 13.7 Å². The molecule has 4 atom stereocenters. The van der Waals surface area contributed by atoms with Gasteiger partial charge in [0.25, 0.3) is 0 Å². The lowest BCUT2D eigenvalue weighted by Gasteiger charge is -2.38. The average molecular weight is 457 g/mol. The van der Waals surface area contributed by atoms with Crippen molar-refractivity contribution in [2.45, 2.75) is 76.2 Å². The maximum absolute atomic E-state index is 13.6. The quantitative estimate of drug-likeness (QED) is 0.156. The summed E-state index contributed by atoms with van der Waals surface area (Å²) in [5, 5.41) is 0. The molecule has 2 fully saturated rings. The number of carbonyl (C=O) groups excluding carboxylic acids is 2.